The highest BCUT2D eigenvalue weighted by molar-refractivity contribution is 7.92. The zero-order valence-corrected chi connectivity index (χ0v) is 18.5. The van der Waals surface area contributed by atoms with Crippen LogP contribution < -0.4 is 0 Å². The number of sulfonamides is 1. The molecule has 0 bridgehead atoms. The maximum absolute atomic E-state index is 12.8. The first-order valence-electron chi connectivity index (χ1n) is 11.2. The molecule has 2 atom stereocenters. The summed E-state index contributed by atoms with van der Waals surface area (Å²) in [6, 6.07) is 9.44. The summed E-state index contributed by atoms with van der Waals surface area (Å²) in [5, 5.41) is 1.29. The van der Waals surface area contributed by atoms with Gasteiger partial charge in [0.25, 0.3) is 0 Å². The summed E-state index contributed by atoms with van der Waals surface area (Å²) in [7, 11) is -3.44. The Kier molecular flexibility index (Phi) is 6.91. The van der Waals surface area contributed by atoms with Crippen LogP contribution in [0.3, 0.4) is 0 Å². The van der Waals surface area contributed by atoms with Crippen molar-refractivity contribution in [1.29, 1.82) is 0 Å². The summed E-state index contributed by atoms with van der Waals surface area (Å²) in [6.07, 6.45) is 8.04. The van der Waals surface area contributed by atoms with Crippen molar-refractivity contribution in [3.8, 4) is 0 Å². The van der Waals surface area contributed by atoms with Crippen molar-refractivity contribution in [2.45, 2.75) is 32.1 Å². The van der Waals surface area contributed by atoms with E-state index in [0.29, 0.717) is 38.6 Å². The van der Waals surface area contributed by atoms with Gasteiger partial charge in [-0.15, -0.1) is 0 Å². The number of piperidine rings is 1. The average Bonchev–Trinajstić information content (AvgIpc) is 2.78. The largest absolute Gasteiger partial charge is 0.341 e. The number of likely N-dealkylation sites (tertiary alicyclic amines) is 1. The second kappa shape index (κ2) is 9.62. The van der Waals surface area contributed by atoms with Gasteiger partial charge >= 0.3 is 0 Å². The Balaban J connectivity index is 1.25. The number of nitrogens with zero attached hydrogens (tertiary/aromatic N) is 3. The Hall–Kier alpha value is -1.70. The van der Waals surface area contributed by atoms with E-state index in [1.165, 1.54) is 35.4 Å². The van der Waals surface area contributed by atoms with Gasteiger partial charge in [-0.2, -0.15) is 4.31 Å². The Bertz CT molecular complexity index is 848. The van der Waals surface area contributed by atoms with E-state index in [1.54, 1.807) is 6.08 Å². The molecule has 0 N–H and O–H groups in total. The van der Waals surface area contributed by atoms with Gasteiger partial charge in [0.1, 0.15) is 0 Å². The van der Waals surface area contributed by atoms with Gasteiger partial charge in [0.15, 0.2) is 0 Å². The van der Waals surface area contributed by atoms with Crippen molar-refractivity contribution >= 4 is 22.0 Å². The number of carbonyl (C=O) groups is 1. The smallest absolute Gasteiger partial charge is 0.236 e. The molecule has 164 valence electrons. The van der Waals surface area contributed by atoms with Crippen molar-refractivity contribution < 1.29 is 13.2 Å². The number of rotatable bonds is 5. The number of piperazine rings is 1. The normalized spacial score (nSPS) is 26.6. The van der Waals surface area contributed by atoms with Gasteiger partial charge in [-0.3, -0.25) is 9.69 Å². The molecule has 2 saturated heterocycles. The maximum atomic E-state index is 12.8. The molecule has 30 heavy (non-hydrogen) atoms. The number of hydrogen-bond acceptors (Lipinski definition) is 4. The van der Waals surface area contributed by atoms with Gasteiger partial charge in [-0.25, -0.2) is 8.42 Å². The highest BCUT2D eigenvalue weighted by Gasteiger charge is 2.34. The van der Waals surface area contributed by atoms with E-state index < -0.39 is 10.0 Å². The highest BCUT2D eigenvalue weighted by atomic mass is 32.2. The molecule has 1 aliphatic carbocycles. The molecule has 0 unspecified atom stereocenters. The predicted molar refractivity (Wildman–Crippen MR) is 119 cm³/mol. The van der Waals surface area contributed by atoms with Crippen LogP contribution in [0.2, 0.25) is 0 Å². The number of benzene rings is 1. The fourth-order valence-electron chi connectivity index (χ4n) is 5.08. The molecule has 7 heteroatoms. The fourth-order valence-corrected chi connectivity index (χ4v) is 6.25. The fraction of sp³-hybridized carbons (Fsp3) is 0.609. The van der Waals surface area contributed by atoms with Gasteiger partial charge < -0.3 is 4.90 Å². The molecule has 3 aliphatic rings. The average molecular weight is 432 g/mol. The monoisotopic (exact) mass is 431 g/mol. The first-order chi connectivity index (χ1) is 14.5. The summed E-state index contributed by atoms with van der Waals surface area (Å²) in [6.45, 7) is 4.28. The molecule has 6 nitrogen and oxygen atoms in total. The van der Waals surface area contributed by atoms with Crippen LogP contribution in [-0.2, 0) is 14.8 Å². The minimum atomic E-state index is -3.44. The minimum Gasteiger partial charge on any atom is -0.341 e. The first kappa shape index (κ1) is 21.5. The number of fused-ring (bicyclic) bond motifs is 1. The summed E-state index contributed by atoms with van der Waals surface area (Å²) >= 11 is 0. The number of amides is 1. The van der Waals surface area contributed by atoms with Crippen LogP contribution >= 0.6 is 0 Å². The lowest BCUT2D eigenvalue weighted by molar-refractivity contribution is -0.135. The van der Waals surface area contributed by atoms with E-state index in [9.17, 15) is 13.2 Å². The Labute approximate surface area is 180 Å². The van der Waals surface area contributed by atoms with Crippen molar-refractivity contribution in [1.82, 2.24) is 14.1 Å². The molecule has 1 saturated carbocycles. The van der Waals surface area contributed by atoms with Crippen LogP contribution in [0.4, 0.5) is 0 Å². The van der Waals surface area contributed by atoms with E-state index in [1.807, 2.05) is 30.3 Å². The standard InChI is InChI=1S/C23H33N3O3S/c27-23(25-12-10-21-8-4-5-9-22(21)18-25)19-24-13-15-26(16-14-24)30(28,29)17-11-20-6-2-1-3-7-20/h1-3,6-7,11,17,21-22H,4-5,8-10,12-16,18-19H2/b17-11+/t21-,22+/m0/s1. The van der Waals surface area contributed by atoms with Gasteiger partial charge in [0.05, 0.1) is 6.54 Å². The third-order valence-corrected chi connectivity index (χ3v) is 8.49. The Morgan fingerprint density at radius 3 is 2.37 bits per heavy atom. The van der Waals surface area contributed by atoms with Crippen LogP contribution in [0.1, 0.15) is 37.7 Å². The van der Waals surface area contributed by atoms with Crippen molar-refractivity contribution in [3.63, 3.8) is 0 Å². The summed E-state index contributed by atoms with van der Waals surface area (Å²) in [4.78, 5) is 17.0. The SMILES string of the molecule is O=C(CN1CCN(S(=O)(=O)/C=C/c2ccccc2)CC1)N1CC[C@@H]2CCCC[C@@H]2C1. The lowest BCUT2D eigenvalue weighted by atomic mass is 9.75. The zero-order chi connectivity index (χ0) is 21.0. The second-order valence-electron chi connectivity index (χ2n) is 8.87. The van der Waals surface area contributed by atoms with Gasteiger partial charge in [0, 0.05) is 44.7 Å². The van der Waals surface area contributed by atoms with E-state index in [-0.39, 0.29) is 5.91 Å². The summed E-state index contributed by atoms with van der Waals surface area (Å²) in [5.41, 5.74) is 0.868. The molecule has 1 aromatic rings. The van der Waals surface area contributed by atoms with Crippen molar-refractivity contribution in [3.05, 3.63) is 41.3 Å². The quantitative estimate of drug-likeness (QED) is 0.719. The Morgan fingerprint density at radius 1 is 0.933 bits per heavy atom. The molecular formula is C23H33N3O3S. The van der Waals surface area contributed by atoms with Gasteiger partial charge in [-0.05, 0) is 36.3 Å². The lowest BCUT2D eigenvalue weighted by Crippen LogP contribution is -2.53. The molecule has 0 aromatic heterocycles. The number of carbonyl (C=O) groups excluding carboxylic acids is 1. The molecule has 0 spiro atoms. The molecule has 1 aromatic carbocycles. The van der Waals surface area contributed by atoms with Crippen molar-refractivity contribution in [2.75, 3.05) is 45.8 Å². The van der Waals surface area contributed by atoms with Crippen LogP contribution in [0, 0.1) is 11.8 Å². The third kappa shape index (κ3) is 5.31. The maximum Gasteiger partial charge on any atom is 0.236 e. The van der Waals surface area contributed by atoms with Crippen LogP contribution in [0.15, 0.2) is 35.7 Å². The van der Waals surface area contributed by atoms with E-state index >= 15 is 0 Å². The van der Waals surface area contributed by atoms with E-state index in [0.717, 1.165) is 31.0 Å². The summed E-state index contributed by atoms with van der Waals surface area (Å²) < 4.78 is 26.7. The molecule has 3 fully saturated rings. The molecule has 4 rings (SSSR count). The van der Waals surface area contributed by atoms with E-state index in [4.69, 9.17) is 0 Å². The predicted octanol–water partition coefficient (Wildman–Crippen LogP) is 2.64. The zero-order valence-electron chi connectivity index (χ0n) is 17.7. The van der Waals surface area contributed by atoms with Crippen LogP contribution in [0.5, 0.6) is 0 Å². The molecule has 2 aliphatic heterocycles. The molecule has 0 radical (unpaired) electrons. The Morgan fingerprint density at radius 2 is 1.63 bits per heavy atom. The number of hydrogen-bond donors (Lipinski definition) is 0. The molecule has 1 amide bonds. The second-order valence-corrected chi connectivity index (χ2v) is 10.7. The molecule has 2 heterocycles. The van der Waals surface area contributed by atoms with Crippen LogP contribution in [0.25, 0.3) is 6.08 Å². The summed E-state index contributed by atoms with van der Waals surface area (Å²) in [5.74, 6) is 1.72. The highest BCUT2D eigenvalue weighted by Crippen LogP contribution is 2.36. The van der Waals surface area contributed by atoms with E-state index in [2.05, 4.69) is 9.80 Å². The first-order valence-corrected chi connectivity index (χ1v) is 12.7. The molecular weight excluding hydrogens is 398 g/mol. The van der Waals surface area contributed by atoms with Gasteiger partial charge in [-0.1, -0.05) is 49.6 Å². The van der Waals surface area contributed by atoms with Crippen molar-refractivity contribution in [2.24, 2.45) is 11.8 Å². The minimum absolute atomic E-state index is 0.208. The lowest BCUT2D eigenvalue weighted by Gasteiger charge is -2.42. The topological polar surface area (TPSA) is 60.9 Å². The third-order valence-electron chi connectivity index (χ3n) is 6.93. The van der Waals surface area contributed by atoms with Crippen LogP contribution in [-0.4, -0.2) is 74.2 Å². The van der Waals surface area contributed by atoms with Gasteiger partial charge in [0.2, 0.25) is 15.9 Å².